The maximum atomic E-state index is 13.6. The van der Waals surface area contributed by atoms with Gasteiger partial charge in [0.25, 0.3) is 0 Å². The van der Waals surface area contributed by atoms with Crippen LogP contribution in [0.15, 0.2) is 36.4 Å². The molecule has 2 atom stereocenters. The van der Waals surface area contributed by atoms with Gasteiger partial charge in [0.1, 0.15) is 5.82 Å². The molecule has 2 unspecified atom stereocenters. The lowest BCUT2D eigenvalue weighted by molar-refractivity contribution is 0.491. The van der Waals surface area contributed by atoms with Crippen molar-refractivity contribution in [3.63, 3.8) is 0 Å². The summed E-state index contributed by atoms with van der Waals surface area (Å²) in [6.45, 7) is 5.81. The zero-order valence-corrected chi connectivity index (χ0v) is 13.8. The number of halogens is 3. The van der Waals surface area contributed by atoms with Crippen molar-refractivity contribution >= 4 is 23.2 Å². The molecule has 0 aliphatic rings. The molecule has 0 amide bonds. The van der Waals surface area contributed by atoms with E-state index in [1.54, 1.807) is 25.1 Å². The Bertz CT molecular complexity index is 587. The van der Waals surface area contributed by atoms with Crippen LogP contribution in [-0.2, 0) is 0 Å². The fourth-order valence-electron chi connectivity index (χ4n) is 2.23. The van der Waals surface area contributed by atoms with E-state index in [2.05, 4.69) is 5.32 Å². The zero-order valence-electron chi connectivity index (χ0n) is 12.3. The third-order valence-electron chi connectivity index (χ3n) is 3.64. The molecule has 0 saturated heterocycles. The van der Waals surface area contributed by atoms with E-state index in [4.69, 9.17) is 23.2 Å². The molecule has 0 spiro atoms. The predicted molar refractivity (Wildman–Crippen MR) is 87.6 cm³/mol. The average molecular weight is 326 g/mol. The smallest absolute Gasteiger partial charge is 0.126 e. The average Bonchev–Trinajstić information content (AvgIpc) is 2.44. The lowest BCUT2D eigenvalue weighted by Gasteiger charge is -2.21. The number of rotatable bonds is 4. The third kappa shape index (κ3) is 3.97. The summed E-state index contributed by atoms with van der Waals surface area (Å²) < 4.78 is 13.6. The molecule has 0 aliphatic carbocycles. The first kappa shape index (κ1) is 16.3. The van der Waals surface area contributed by atoms with Gasteiger partial charge in [-0.3, -0.25) is 0 Å². The third-order valence-corrected chi connectivity index (χ3v) is 4.38. The standard InChI is InChI=1S/C17H18Cl2FN/c1-10-4-5-14(9-17(10)20)12(3)21-11(2)13-6-7-15(18)16(19)8-13/h4-9,11-12,21H,1-3H3. The van der Waals surface area contributed by atoms with Crippen molar-refractivity contribution in [2.24, 2.45) is 0 Å². The van der Waals surface area contributed by atoms with Crippen LogP contribution in [0, 0.1) is 12.7 Å². The number of aryl methyl sites for hydroxylation is 1. The second-order valence-electron chi connectivity index (χ2n) is 5.29. The molecule has 1 N–H and O–H groups in total. The molecule has 4 heteroatoms. The van der Waals surface area contributed by atoms with Crippen LogP contribution in [0.5, 0.6) is 0 Å². The lowest BCUT2D eigenvalue weighted by atomic mass is 10.0. The molecule has 0 fully saturated rings. The second-order valence-corrected chi connectivity index (χ2v) is 6.11. The van der Waals surface area contributed by atoms with Gasteiger partial charge in [-0.1, -0.05) is 41.4 Å². The van der Waals surface area contributed by atoms with Crippen LogP contribution < -0.4 is 5.32 Å². The van der Waals surface area contributed by atoms with Gasteiger partial charge in [0.2, 0.25) is 0 Å². The maximum Gasteiger partial charge on any atom is 0.126 e. The maximum absolute atomic E-state index is 13.6. The molecule has 2 rings (SSSR count). The molecule has 112 valence electrons. The van der Waals surface area contributed by atoms with E-state index in [9.17, 15) is 4.39 Å². The first-order valence-corrected chi connectivity index (χ1v) is 7.61. The van der Waals surface area contributed by atoms with Gasteiger partial charge in [0.15, 0.2) is 0 Å². The summed E-state index contributed by atoms with van der Waals surface area (Å²) in [6, 6.07) is 11.0. The molecule has 0 heterocycles. The minimum atomic E-state index is -0.177. The largest absolute Gasteiger partial charge is 0.304 e. The van der Waals surface area contributed by atoms with Gasteiger partial charge in [0, 0.05) is 12.1 Å². The van der Waals surface area contributed by atoms with E-state index in [-0.39, 0.29) is 17.9 Å². The molecular weight excluding hydrogens is 308 g/mol. The normalized spacial score (nSPS) is 14.0. The molecule has 1 nitrogen and oxygen atoms in total. The summed E-state index contributed by atoms with van der Waals surface area (Å²) in [4.78, 5) is 0. The summed E-state index contributed by atoms with van der Waals surface area (Å²) in [5.41, 5.74) is 2.62. The van der Waals surface area contributed by atoms with Gasteiger partial charge in [-0.15, -0.1) is 0 Å². The fraction of sp³-hybridized carbons (Fsp3) is 0.294. The van der Waals surface area contributed by atoms with Gasteiger partial charge in [0.05, 0.1) is 10.0 Å². The Labute approximate surface area is 135 Å². The van der Waals surface area contributed by atoms with Crippen LogP contribution in [0.1, 0.15) is 42.6 Å². The molecule has 0 aromatic heterocycles. The molecule has 0 radical (unpaired) electrons. The molecule has 21 heavy (non-hydrogen) atoms. The van der Waals surface area contributed by atoms with Crippen LogP contribution in [0.4, 0.5) is 4.39 Å². The lowest BCUT2D eigenvalue weighted by Crippen LogP contribution is -2.22. The van der Waals surface area contributed by atoms with Crippen LogP contribution in [0.3, 0.4) is 0 Å². The van der Waals surface area contributed by atoms with Gasteiger partial charge >= 0.3 is 0 Å². The van der Waals surface area contributed by atoms with Crippen molar-refractivity contribution in [2.75, 3.05) is 0 Å². The van der Waals surface area contributed by atoms with E-state index in [0.717, 1.165) is 11.1 Å². The highest BCUT2D eigenvalue weighted by Gasteiger charge is 2.13. The van der Waals surface area contributed by atoms with Crippen LogP contribution in [-0.4, -0.2) is 0 Å². The van der Waals surface area contributed by atoms with Gasteiger partial charge in [-0.25, -0.2) is 4.39 Å². The first-order chi connectivity index (χ1) is 9.88. The molecule has 2 aromatic carbocycles. The van der Waals surface area contributed by atoms with Crippen molar-refractivity contribution in [2.45, 2.75) is 32.9 Å². The van der Waals surface area contributed by atoms with Crippen molar-refractivity contribution in [1.29, 1.82) is 0 Å². The van der Waals surface area contributed by atoms with Crippen molar-refractivity contribution in [1.82, 2.24) is 5.32 Å². The summed E-state index contributed by atoms with van der Waals surface area (Å²) in [7, 11) is 0. The van der Waals surface area contributed by atoms with Gasteiger partial charge in [-0.05, 0) is 55.7 Å². The van der Waals surface area contributed by atoms with Crippen molar-refractivity contribution < 1.29 is 4.39 Å². The minimum absolute atomic E-state index is 0.0320. The Balaban J connectivity index is 2.12. The highest BCUT2D eigenvalue weighted by molar-refractivity contribution is 6.42. The quantitative estimate of drug-likeness (QED) is 0.743. The molecule has 0 saturated carbocycles. The Kier molecular flexibility index (Phi) is 5.26. The first-order valence-electron chi connectivity index (χ1n) is 6.85. The molecular formula is C17H18Cl2FN. The summed E-state index contributed by atoms with van der Waals surface area (Å²) in [5.74, 6) is -0.177. The van der Waals surface area contributed by atoms with Crippen LogP contribution in [0.25, 0.3) is 0 Å². The molecule has 0 bridgehead atoms. The van der Waals surface area contributed by atoms with Crippen molar-refractivity contribution in [3.8, 4) is 0 Å². The highest BCUT2D eigenvalue weighted by Crippen LogP contribution is 2.27. The summed E-state index contributed by atoms with van der Waals surface area (Å²) >= 11 is 12.0. The van der Waals surface area contributed by atoms with E-state index >= 15 is 0 Å². The van der Waals surface area contributed by atoms with Gasteiger partial charge < -0.3 is 5.32 Å². The Hall–Kier alpha value is -1.09. The monoisotopic (exact) mass is 325 g/mol. The topological polar surface area (TPSA) is 12.0 Å². The van der Waals surface area contributed by atoms with E-state index in [1.807, 2.05) is 32.0 Å². The summed E-state index contributed by atoms with van der Waals surface area (Å²) in [6.07, 6.45) is 0. The SMILES string of the molecule is Cc1ccc(C(C)NC(C)c2ccc(Cl)c(Cl)c2)cc1F. The van der Waals surface area contributed by atoms with Crippen LogP contribution in [0.2, 0.25) is 10.0 Å². The van der Waals surface area contributed by atoms with Gasteiger partial charge in [-0.2, -0.15) is 0 Å². The Morgan fingerprint density at radius 3 is 2.05 bits per heavy atom. The van der Waals surface area contributed by atoms with E-state index in [1.165, 1.54) is 0 Å². The highest BCUT2D eigenvalue weighted by atomic mass is 35.5. The van der Waals surface area contributed by atoms with Crippen LogP contribution >= 0.6 is 23.2 Å². The molecule has 0 aliphatic heterocycles. The Morgan fingerprint density at radius 2 is 1.48 bits per heavy atom. The summed E-state index contributed by atoms with van der Waals surface area (Å²) in [5, 5.41) is 4.52. The fourth-order valence-corrected chi connectivity index (χ4v) is 2.53. The minimum Gasteiger partial charge on any atom is -0.304 e. The Morgan fingerprint density at radius 1 is 0.905 bits per heavy atom. The molecule has 2 aromatic rings. The van der Waals surface area contributed by atoms with E-state index < -0.39 is 0 Å². The zero-order chi connectivity index (χ0) is 15.6. The van der Waals surface area contributed by atoms with E-state index in [0.29, 0.717) is 15.6 Å². The second kappa shape index (κ2) is 6.78. The number of benzene rings is 2. The number of nitrogens with one attached hydrogen (secondary N) is 1. The number of hydrogen-bond acceptors (Lipinski definition) is 1. The van der Waals surface area contributed by atoms with Crippen molar-refractivity contribution in [3.05, 3.63) is 69.0 Å². The number of hydrogen-bond donors (Lipinski definition) is 1. The predicted octanol–water partition coefficient (Wildman–Crippen LogP) is 5.85.